The first kappa shape index (κ1) is 21.0. The predicted octanol–water partition coefficient (Wildman–Crippen LogP) is 6.58. The van der Waals surface area contributed by atoms with Crippen LogP contribution >= 0.6 is 34.8 Å². The van der Waals surface area contributed by atoms with Crippen molar-refractivity contribution < 1.29 is 9.84 Å². The molecule has 1 aliphatic rings. The molecule has 1 aliphatic heterocycles. The van der Waals surface area contributed by atoms with Crippen LogP contribution in [0.1, 0.15) is 35.3 Å². The molecule has 0 saturated carbocycles. The second-order valence-corrected chi connectivity index (χ2v) is 8.28. The lowest BCUT2D eigenvalue weighted by Crippen LogP contribution is -2.33. The first-order chi connectivity index (χ1) is 14.4. The highest BCUT2D eigenvalue weighted by Crippen LogP contribution is 2.37. The van der Waals surface area contributed by atoms with Gasteiger partial charge >= 0.3 is 0 Å². The number of methoxy groups -OCH3 is 1. The van der Waals surface area contributed by atoms with Crippen molar-refractivity contribution in [3.63, 3.8) is 0 Å². The largest absolute Gasteiger partial charge is 0.508 e. The molecule has 2 N–H and O–H groups in total. The molecule has 0 aromatic heterocycles. The van der Waals surface area contributed by atoms with Gasteiger partial charge in [-0.05, 0) is 60.2 Å². The van der Waals surface area contributed by atoms with Crippen molar-refractivity contribution >= 4 is 40.5 Å². The number of hydrogen-bond acceptors (Lipinski definition) is 4. The summed E-state index contributed by atoms with van der Waals surface area (Å²) in [6, 6.07) is 17.9. The van der Waals surface area contributed by atoms with E-state index in [2.05, 4.69) is 5.32 Å². The zero-order valence-electron chi connectivity index (χ0n) is 16.1. The fourth-order valence-electron chi connectivity index (χ4n) is 3.55. The standard InChI is InChI=1S/C23H19Cl3N2O2/c1-30-16-6-2-13(3-7-16)20-12-21(18-10-14(24)5-9-22(18)29)28-23(27-20)17-8-4-15(25)11-19(17)26/h2-11,21,23,28-29H,12H2,1H3/t21-,23-/m0/s1. The number of benzene rings is 3. The Morgan fingerprint density at radius 2 is 1.63 bits per heavy atom. The van der Waals surface area contributed by atoms with Gasteiger partial charge in [0.1, 0.15) is 17.7 Å². The van der Waals surface area contributed by atoms with Crippen LogP contribution in [0.5, 0.6) is 11.5 Å². The monoisotopic (exact) mass is 460 g/mol. The molecule has 0 bridgehead atoms. The van der Waals surface area contributed by atoms with Crippen LogP contribution < -0.4 is 10.1 Å². The van der Waals surface area contributed by atoms with E-state index in [1.807, 2.05) is 30.3 Å². The van der Waals surface area contributed by atoms with Gasteiger partial charge in [0.15, 0.2) is 0 Å². The molecule has 0 radical (unpaired) electrons. The van der Waals surface area contributed by atoms with Gasteiger partial charge in [0.2, 0.25) is 0 Å². The van der Waals surface area contributed by atoms with E-state index in [0.717, 1.165) is 22.6 Å². The lowest BCUT2D eigenvalue weighted by Gasteiger charge is -2.31. The van der Waals surface area contributed by atoms with Crippen LogP contribution in [0.25, 0.3) is 0 Å². The van der Waals surface area contributed by atoms with Gasteiger partial charge in [-0.15, -0.1) is 0 Å². The van der Waals surface area contributed by atoms with E-state index in [4.69, 9.17) is 44.5 Å². The highest BCUT2D eigenvalue weighted by molar-refractivity contribution is 6.35. The van der Waals surface area contributed by atoms with Crippen LogP contribution in [0, 0.1) is 0 Å². The Morgan fingerprint density at radius 3 is 2.33 bits per heavy atom. The predicted molar refractivity (Wildman–Crippen MR) is 122 cm³/mol. The number of nitrogens with one attached hydrogen (secondary N) is 1. The first-order valence-electron chi connectivity index (χ1n) is 9.35. The Morgan fingerprint density at radius 1 is 0.933 bits per heavy atom. The zero-order chi connectivity index (χ0) is 21.3. The SMILES string of the molecule is COc1ccc(C2=N[C@H](c3ccc(Cl)cc3Cl)N[C@H](c3cc(Cl)ccc3O)C2)cc1. The van der Waals surface area contributed by atoms with Crippen LogP contribution in [0.2, 0.25) is 15.1 Å². The molecule has 0 saturated heterocycles. The van der Waals surface area contributed by atoms with Crippen LogP contribution in [0.4, 0.5) is 0 Å². The van der Waals surface area contributed by atoms with E-state index < -0.39 is 6.17 Å². The molecular weight excluding hydrogens is 443 g/mol. The molecule has 7 heteroatoms. The minimum Gasteiger partial charge on any atom is -0.508 e. The highest BCUT2D eigenvalue weighted by atomic mass is 35.5. The van der Waals surface area contributed by atoms with Crippen LogP contribution in [-0.4, -0.2) is 17.9 Å². The minimum absolute atomic E-state index is 0.175. The van der Waals surface area contributed by atoms with E-state index in [0.29, 0.717) is 27.1 Å². The van der Waals surface area contributed by atoms with Gasteiger partial charge in [0.05, 0.1) is 7.11 Å². The minimum atomic E-state index is -0.413. The van der Waals surface area contributed by atoms with Crippen molar-refractivity contribution in [3.8, 4) is 11.5 Å². The van der Waals surface area contributed by atoms with Crippen molar-refractivity contribution in [2.24, 2.45) is 4.99 Å². The number of nitrogens with zero attached hydrogens (tertiary/aromatic N) is 1. The Labute approximate surface area is 190 Å². The number of hydrogen-bond donors (Lipinski definition) is 2. The van der Waals surface area contributed by atoms with Crippen LogP contribution in [-0.2, 0) is 0 Å². The number of phenolic OH excluding ortho intramolecular Hbond substituents is 1. The molecule has 0 aliphatic carbocycles. The molecule has 0 unspecified atom stereocenters. The number of halogens is 3. The fourth-order valence-corrected chi connectivity index (χ4v) is 4.24. The molecular formula is C23H19Cl3N2O2. The third-order valence-electron chi connectivity index (χ3n) is 5.09. The number of aliphatic imine (C=N–C) groups is 1. The summed E-state index contributed by atoms with van der Waals surface area (Å²) >= 11 is 18.7. The van der Waals surface area contributed by atoms with E-state index in [1.165, 1.54) is 0 Å². The number of phenols is 1. The average Bonchev–Trinajstić information content (AvgIpc) is 2.75. The maximum atomic E-state index is 10.5. The Bertz CT molecular complexity index is 1100. The van der Waals surface area contributed by atoms with Crippen LogP contribution in [0.3, 0.4) is 0 Å². The molecule has 4 rings (SSSR count). The average molecular weight is 462 g/mol. The zero-order valence-corrected chi connectivity index (χ0v) is 18.3. The van der Waals surface area contributed by atoms with Crippen molar-refractivity contribution in [2.45, 2.75) is 18.6 Å². The van der Waals surface area contributed by atoms with E-state index in [-0.39, 0.29) is 11.8 Å². The van der Waals surface area contributed by atoms with Crippen molar-refractivity contribution in [1.29, 1.82) is 0 Å². The van der Waals surface area contributed by atoms with E-state index >= 15 is 0 Å². The summed E-state index contributed by atoms with van der Waals surface area (Å²) in [5, 5.41) is 15.6. The normalized spacial score (nSPS) is 18.7. The Hall–Kier alpha value is -2.24. The Balaban J connectivity index is 1.78. The molecule has 2 atom stereocenters. The van der Waals surface area contributed by atoms with Gasteiger partial charge < -0.3 is 9.84 Å². The van der Waals surface area contributed by atoms with E-state index in [1.54, 1.807) is 37.4 Å². The highest BCUT2D eigenvalue weighted by Gasteiger charge is 2.29. The number of aromatic hydroxyl groups is 1. The van der Waals surface area contributed by atoms with Gasteiger partial charge in [-0.3, -0.25) is 10.3 Å². The van der Waals surface area contributed by atoms with Gasteiger partial charge in [0, 0.05) is 44.4 Å². The third-order valence-corrected chi connectivity index (χ3v) is 5.88. The van der Waals surface area contributed by atoms with Crippen LogP contribution in [0.15, 0.2) is 65.7 Å². The summed E-state index contributed by atoms with van der Waals surface area (Å²) in [7, 11) is 1.63. The van der Waals surface area contributed by atoms with Gasteiger partial charge in [0.25, 0.3) is 0 Å². The summed E-state index contributed by atoms with van der Waals surface area (Å²) in [6.07, 6.45) is 0.158. The molecule has 3 aromatic carbocycles. The van der Waals surface area contributed by atoms with E-state index in [9.17, 15) is 5.11 Å². The molecule has 1 heterocycles. The summed E-state index contributed by atoms with van der Waals surface area (Å²) < 4.78 is 5.26. The van der Waals surface area contributed by atoms with Gasteiger partial charge in [-0.1, -0.05) is 40.9 Å². The smallest absolute Gasteiger partial charge is 0.127 e. The Kier molecular flexibility index (Phi) is 6.21. The molecule has 0 amide bonds. The second kappa shape index (κ2) is 8.86. The first-order valence-corrected chi connectivity index (χ1v) is 10.5. The molecule has 0 fully saturated rings. The molecule has 0 spiro atoms. The molecule has 4 nitrogen and oxygen atoms in total. The van der Waals surface area contributed by atoms with Crippen molar-refractivity contribution in [3.05, 3.63) is 92.4 Å². The van der Waals surface area contributed by atoms with Gasteiger partial charge in [-0.25, -0.2) is 0 Å². The summed E-state index contributed by atoms with van der Waals surface area (Å²) in [6.45, 7) is 0. The lowest BCUT2D eigenvalue weighted by molar-refractivity contribution is 0.412. The molecule has 30 heavy (non-hydrogen) atoms. The summed E-state index contributed by atoms with van der Waals surface area (Å²) in [5.41, 5.74) is 3.37. The topological polar surface area (TPSA) is 53.8 Å². The lowest BCUT2D eigenvalue weighted by atomic mass is 9.93. The fraction of sp³-hybridized carbons (Fsp3) is 0.174. The van der Waals surface area contributed by atoms with Gasteiger partial charge in [-0.2, -0.15) is 0 Å². The maximum Gasteiger partial charge on any atom is 0.127 e. The second-order valence-electron chi connectivity index (χ2n) is 7.00. The van der Waals surface area contributed by atoms with Crippen molar-refractivity contribution in [2.75, 3.05) is 7.11 Å². The quantitative estimate of drug-likeness (QED) is 0.461. The summed E-state index contributed by atoms with van der Waals surface area (Å²) in [5.74, 6) is 0.948. The maximum absolute atomic E-state index is 10.5. The van der Waals surface area contributed by atoms with Crippen molar-refractivity contribution in [1.82, 2.24) is 5.32 Å². The molecule has 3 aromatic rings. The number of ether oxygens (including phenoxy) is 1. The number of rotatable bonds is 4. The third kappa shape index (κ3) is 4.42. The summed E-state index contributed by atoms with van der Waals surface area (Å²) in [4.78, 5) is 4.92. The molecule has 154 valence electrons.